The summed E-state index contributed by atoms with van der Waals surface area (Å²) in [6.07, 6.45) is 0.742. The molecule has 0 bridgehead atoms. The first-order chi connectivity index (χ1) is 14.0. The summed E-state index contributed by atoms with van der Waals surface area (Å²) in [5.74, 6) is 3.05. The summed E-state index contributed by atoms with van der Waals surface area (Å²) in [6.45, 7) is 4.31. The van der Waals surface area contributed by atoms with Gasteiger partial charge < -0.3 is 28.4 Å². The van der Waals surface area contributed by atoms with Gasteiger partial charge in [-0.05, 0) is 55.4 Å². The first kappa shape index (κ1) is 23.3. The van der Waals surface area contributed by atoms with E-state index in [1.165, 1.54) is 0 Å². The lowest BCUT2D eigenvalue weighted by atomic mass is 9.88. The number of methoxy groups -OCH3 is 4. The zero-order valence-electron chi connectivity index (χ0n) is 18.0. The highest BCUT2D eigenvalue weighted by Gasteiger charge is 2.25. The van der Waals surface area contributed by atoms with Gasteiger partial charge in [-0.2, -0.15) is 0 Å². The van der Waals surface area contributed by atoms with E-state index in [1.54, 1.807) is 28.4 Å². The number of aryl methyl sites for hydroxylation is 2. The Morgan fingerprint density at radius 1 is 0.724 bits per heavy atom. The van der Waals surface area contributed by atoms with Crippen molar-refractivity contribution in [2.45, 2.75) is 19.8 Å². The molecule has 0 aliphatic heterocycles. The Hall–Kier alpha value is -2.01. The van der Waals surface area contributed by atoms with Gasteiger partial charge >= 0.3 is 0 Å². The summed E-state index contributed by atoms with van der Waals surface area (Å²) in [7, 11) is 9.35. The maximum absolute atomic E-state index is 5.94. The topological polar surface area (TPSA) is 55.4 Å². The quantitative estimate of drug-likeness (QED) is 0.398. The summed E-state index contributed by atoms with van der Waals surface area (Å²) < 4.78 is 33.2. The Morgan fingerprint density at radius 2 is 1.14 bits per heavy atom. The second kappa shape index (κ2) is 11.2. The van der Waals surface area contributed by atoms with E-state index in [0.717, 1.165) is 51.4 Å². The molecule has 7 heteroatoms. The zero-order chi connectivity index (χ0) is 21.4. The molecule has 1 atom stereocenters. The van der Waals surface area contributed by atoms with Gasteiger partial charge in [-0.25, -0.2) is 0 Å². The molecule has 0 spiro atoms. The molecule has 0 saturated heterocycles. The van der Waals surface area contributed by atoms with Gasteiger partial charge in [0.05, 0.1) is 14.2 Å². The van der Waals surface area contributed by atoms with Gasteiger partial charge in [-0.3, -0.25) is 0 Å². The van der Waals surface area contributed by atoms with Crippen LogP contribution in [0.5, 0.6) is 23.0 Å². The minimum absolute atomic E-state index is 0.0405. The van der Waals surface area contributed by atoms with E-state index < -0.39 is 0 Å². The third-order valence-electron chi connectivity index (χ3n) is 4.65. The number of rotatable bonds is 11. The highest BCUT2D eigenvalue weighted by Crippen LogP contribution is 2.43. The molecule has 0 amide bonds. The minimum atomic E-state index is -0.0405. The van der Waals surface area contributed by atoms with E-state index in [1.807, 2.05) is 38.1 Å². The number of hydrogen-bond acceptors (Lipinski definition) is 6. The Labute approximate surface area is 175 Å². The maximum atomic E-state index is 5.94. The number of ether oxygens (including phenoxy) is 6. The lowest BCUT2D eigenvalue weighted by molar-refractivity contribution is 0.0488. The van der Waals surface area contributed by atoms with E-state index >= 15 is 0 Å². The van der Waals surface area contributed by atoms with Crippen molar-refractivity contribution in [3.05, 3.63) is 46.5 Å². The third kappa shape index (κ3) is 5.53. The average molecular weight is 422 g/mol. The summed E-state index contributed by atoms with van der Waals surface area (Å²) in [5.41, 5.74) is 3.92. The largest absolute Gasteiger partial charge is 0.497 e. The molecule has 0 heterocycles. The average Bonchev–Trinajstić information content (AvgIpc) is 2.72. The predicted molar refractivity (Wildman–Crippen MR) is 117 cm³/mol. The molecule has 160 valence electrons. The lowest BCUT2D eigenvalue weighted by Gasteiger charge is -2.25. The van der Waals surface area contributed by atoms with Crippen LogP contribution in [0, 0.1) is 13.8 Å². The van der Waals surface area contributed by atoms with Gasteiger partial charge in [0.25, 0.3) is 0 Å². The zero-order valence-corrected chi connectivity index (χ0v) is 19.2. The Kier molecular flexibility index (Phi) is 9.02. The van der Waals surface area contributed by atoms with Crippen LogP contribution in [-0.2, 0) is 9.47 Å². The fraction of sp³-hybridized carbons (Fsp3) is 0.455. The fourth-order valence-corrected chi connectivity index (χ4v) is 3.85. The van der Waals surface area contributed by atoms with Gasteiger partial charge in [0, 0.05) is 31.3 Å². The summed E-state index contributed by atoms with van der Waals surface area (Å²) in [4.78, 5) is 0. The van der Waals surface area contributed by atoms with Crippen molar-refractivity contribution in [1.82, 2.24) is 0 Å². The lowest BCUT2D eigenvalue weighted by Crippen LogP contribution is -2.12. The molecular weight excluding hydrogens is 391 g/mol. The summed E-state index contributed by atoms with van der Waals surface area (Å²) >= 11 is 0. The van der Waals surface area contributed by atoms with Crippen LogP contribution in [0.3, 0.4) is 0 Å². The molecule has 0 fully saturated rings. The van der Waals surface area contributed by atoms with Crippen LogP contribution < -0.4 is 18.9 Å². The fourth-order valence-electron chi connectivity index (χ4n) is 3.34. The third-order valence-corrected chi connectivity index (χ3v) is 5.13. The van der Waals surface area contributed by atoms with Crippen molar-refractivity contribution < 1.29 is 28.4 Å². The van der Waals surface area contributed by atoms with Gasteiger partial charge in [0.15, 0.2) is 13.6 Å². The monoisotopic (exact) mass is 422 g/mol. The highest BCUT2D eigenvalue weighted by atomic mass is 31.0. The SMILES string of the molecule is COCOc1c(C)cc(OC)cc1C(CP)c1cc(OC)cc(C)c1OCOC. The van der Waals surface area contributed by atoms with Crippen LogP contribution in [0.25, 0.3) is 0 Å². The predicted octanol–water partition coefficient (Wildman–Crippen LogP) is 4.29. The molecule has 2 aromatic carbocycles. The Morgan fingerprint density at radius 3 is 1.45 bits per heavy atom. The molecule has 29 heavy (non-hydrogen) atoms. The van der Waals surface area contributed by atoms with Gasteiger partial charge in [-0.1, -0.05) is 0 Å². The van der Waals surface area contributed by atoms with Crippen molar-refractivity contribution in [2.24, 2.45) is 0 Å². The molecule has 6 nitrogen and oxygen atoms in total. The van der Waals surface area contributed by atoms with Crippen LogP contribution in [0.15, 0.2) is 24.3 Å². The molecule has 2 aromatic rings. The molecule has 0 aliphatic rings. The second-order valence-electron chi connectivity index (χ2n) is 6.62. The van der Waals surface area contributed by atoms with Crippen molar-refractivity contribution >= 4 is 9.24 Å². The molecule has 0 radical (unpaired) electrons. The van der Waals surface area contributed by atoms with Crippen LogP contribution in [-0.4, -0.2) is 48.2 Å². The Bertz CT molecular complexity index is 743. The normalized spacial score (nSPS) is 10.9. The van der Waals surface area contributed by atoms with E-state index in [0.29, 0.717) is 0 Å². The van der Waals surface area contributed by atoms with Crippen molar-refractivity contribution in [1.29, 1.82) is 0 Å². The molecule has 1 unspecified atom stereocenters. The molecular formula is C22H31O6P. The number of benzene rings is 2. The van der Waals surface area contributed by atoms with Crippen LogP contribution in [0.2, 0.25) is 0 Å². The van der Waals surface area contributed by atoms with E-state index in [4.69, 9.17) is 28.4 Å². The van der Waals surface area contributed by atoms with E-state index in [2.05, 4.69) is 9.24 Å². The van der Waals surface area contributed by atoms with Crippen LogP contribution in [0.1, 0.15) is 28.2 Å². The minimum Gasteiger partial charge on any atom is -0.497 e. The molecule has 0 aromatic heterocycles. The number of hydrogen-bond donors (Lipinski definition) is 0. The van der Waals surface area contributed by atoms with Crippen molar-refractivity contribution in [3.8, 4) is 23.0 Å². The van der Waals surface area contributed by atoms with Gasteiger partial charge in [-0.15, -0.1) is 9.24 Å². The molecule has 2 rings (SSSR count). The Balaban J connectivity index is 2.69. The molecule has 0 aliphatic carbocycles. The standard InChI is InChI=1S/C22H31O6P/c1-14-7-16(25-5)9-18(21(14)27-12-23-3)20(11-29)19-10-17(26-6)8-15(2)22(19)28-13-24-4/h7-10,20H,11-13,29H2,1-6H3. The van der Waals surface area contributed by atoms with Crippen LogP contribution >= 0.6 is 9.24 Å². The van der Waals surface area contributed by atoms with Crippen molar-refractivity contribution in [3.63, 3.8) is 0 Å². The molecule has 0 N–H and O–H groups in total. The van der Waals surface area contributed by atoms with Crippen molar-refractivity contribution in [2.75, 3.05) is 48.2 Å². The van der Waals surface area contributed by atoms with Gasteiger partial charge in [0.1, 0.15) is 23.0 Å². The maximum Gasteiger partial charge on any atom is 0.188 e. The highest BCUT2D eigenvalue weighted by molar-refractivity contribution is 7.16. The first-order valence-electron chi connectivity index (χ1n) is 9.31. The van der Waals surface area contributed by atoms with Gasteiger partial charge in [0.2, 0.25) is 0 Å². The summed E-state index contributed by atoms with van der Waals surface area (Å²) in [5, 5.41) is 0. The summed E-state index contributed by atoms with van der Waals surface area (Å²) in [6, 6.07) is 7.91. The van der Waals surface area contributed by atoms with E-state index in [-0.39, 0.29) is 19.5 Å². The smallest absolute Gasteiger partial charge is 0.188 e. The van der Waals surface area contributed by atoms with E-state index in [9.17, 15) is 0 Å². The van der Waals surface area contributed by atoms with Crippen LogP contribution in [0.4, 0.5) is 0 Å². The first-order valence-corrected chi connectivity index (χ1v) is 10.1. The second-order valence-corrected chi connectivity index (χ2v) is 7.09. The molecule has 0 saturated carbocycles.